The van der Waals surface area contributed by atoms with Crippen LogP contribution in [0.15, 0.2) is 84.9 Å². The zero-order valence-electron chi connectivity index (χ0n) is 20.8. The lowest BCUT2D eigenvalue weighted by Crippen LogP contribution is -2.25. The van der Waals surface area contributed by atoms with E-state index in [1.54, 1.807) is 0 Å². The molecule has 0 aliphatic carbocycles. The summed E-state index contributed by atoms with van der Waals surface area (Å²) in [4.78, 5) is 14.1. The molecule has 0 aliphatic rings. The molecule has 3 aromatic rings. The van der Waals surface area contributed by atoms with Gasteiger partial charge in [-0.15, -0.1) is 0 Å². The van der Waals surface area contributed by atoms with E-state index in [1.807, 2.05) is 42.5 Å². The number of nitrogens with zero attached hydrogens (tertiary/aromatic N) is 1. The second kappa shape index (κ2) is 15.6. The fourth-order valence-corrected chi connectivity index (χ4v) is 3.80. The summed E-state index contributed by atoms with van der Waals surface area (Å²) in [7, 11) is 2.15. The lowest BCUT2D eigenvalue weighted by atomic mass is 10.1. The Hall–Kier alpha value is -3.31. The number of carbonyl (C=O) groups excluding carboxylic acids is 1. The van der Waals surface area contributed by atoms with E-state index in [1.165, 1.54) is 11.1 Å². The Kier molecular flexibility index (Phi) is 11.7. The third kappa shape index (κ3) is 11.1. The predicted molar refractivity (Wildman–Crippen MR) is 142 cm³/mol. The van der Waals surface area contributed by atoms with E-state index in [-0.39, 0.29) is 6.09 Å². The van der Waals surface area contributed by atoms with Crippen molar-refractivity contribution in [1.82, 2.24) is 10.2 Å². The molecule has 35 heavy (non-hydrogen) atoms. The van der Waals surface area contributed by atoms with Gasteiger partial charge in [-0.05, 0) is 74.5 Å². The fraction of sp³-hybridized carbons (Fsp3) is 0.367. The molecule has 5 nitrogen and oxygen atoms in total. The first-order valence-corrected chi connectivity index (χ1v) is 12.6. The maximum absolute atomic E-state index is 11.8. The monoisotopic (exact) mass is 474 g/mol. The van der Waals surface area contributed by atoms with Crippen molar-refractivity contribution in [3.63, 3.8) is 0 Å². The minimum absolute atomic E-state index is 0.297. The van der Waals surface area contributed by atoms with Crippen molar-refractivity contribution in [2.45, 2.75) is 38.7 Å². The van der Waals surface area contributed by atoms with Gasteiger partial charge in [0.15, 0.2) is 0 Å². The van der Waals surface area contributed by atoms with E-state index in [2.05, 4.69) is 59.7 Å². The second-order valence-corrected chi connectivity index (χ2v) is 8.83. The first-order valence-electron chi connectivity index (χ1n) is 12.6. The number of likely N-dealkylation sites (N-methyl/N-ethyl adjacent to an activating group) is 1. The molecule has 0 atom stereocenters. The molecule has 0 saturated carbocycles. The normalized spacial score (nSPS) is 10.8. The highest BCUT2D eigenvalue weighted by Crippen LogP contribution is 2.14. The van der Waals surface area contributed by atoms with E-state index >= 15 is 0 Å². The summed E-state index contributed by atoms with van der Waals surface area (Å²) in [5, 5.41) is 2.82. The summed E-state index contributed by atoms with van der Waals surface area (Å²) >= 11 is 0. The van der Waals surface area contributed by atoms with Gasteiger partial charge >= 0.3 is 6.09 Å². The van der Waals surface area contributed by atoms with Crippen LogP contribution in [0.3, 0.4) is 0 Å². The number of amides is 1. The van der Waals surface area contributed by atoms with E-state index < -0.39 is 0 Å². The van der Waals surface area contributed by atoms with Crippen molar-refractivity contribution in [3.05, 3.63) is 102 Å². The number of hydrogen-bond donors (Lipinski definition) is 1. The topological polar surface area (TPSA) is 50.8 Å². The van der Waals surface area contributed by atoms with Gasteiger partial charge in [0.1, 0.15) is 19.0 Å². The minimum Gasteiger partial charge on any atom is -0.492 e. The van der Waals surface area contributed by atoms with Gasteiger partial charge in [-0.25, -0.2) is 4.79 Å². The van der Waals surface area contributed by atoms with Gasteiger partial charge in [-0.2, -0.15) is 0 Å². The van der Waals surface area contributed by atoms with E-state index in [0.717, 1.165) is 56.5 Å². The van der Waals surface area contributed by atoms with E-state index in [0.29, 0.717) is 19.8 Å². The molecule has 1 amide bonds. The fourth-order valence-electron chi connectivity index (χ4n) is 3.80. The standard InChI is InChI=1S/C30H38N2O3/c1-32(22-10-16-26-11-4-2-5-12-26)23-24-34-29-19-17-27(18-20-29)13-8-9-21-31-30(33)35-25-28-14-6-3-7-15-28/h2-7,11-12,14-15,17-20H,8-10,13,16,21-25H2,1H3,(H,31,33). The van der Waals surface area contributed by atoms with Crippen LogP contribution in [0.1, 0.15) is 36.0 Å². The summed E-state index contributed by atoms with van der Waals surface area (Å²) in [5.41, 5.74) is 3.66. The second-order valence-electron chi connectivity index (χ2n) is 8.83. The molecule has 0 unspecified atom stereocenters. The van der Waals surface area contributed by atoms with Gasteiger partial charge in [0.2, 0.25) is 0 Å². The largest absolute Gasteiger partial charge is 0.492 e. The molecule has 0 saturated heterocycles. The molecule has 0 bridgehead atoms. The maximum Gasteiger partial charge on any atom is 0.407 e. The third-order valence-corrected chi connectivity index (χ3v) is 5.89. The Labute approximate surface area is 210 Å². The number of nitrogens with one attached hydrogen (secondary N) is 1. The highest BCUT2D eigenvalue weighted by Gasteiger charge is 2.03. The smallest absolute Gasteiger partial charge is 0.407 e. The number of hydrogen-bond acceptors (Lipinski definition) is 4. The molecule has 5 heteroatoms. The van der Waals surface area contributed by atoms with Crippen LogP contribution in [0.2, 0.25) is 0 Å². The van der Waals surface area contributed by atoms with Gasteiger partial charge in [0, 0.05) is 13.1 Å². The number of benzene rings is 3. The molecule has 0 heterocycles. The maximum atomic E-state index is 11.8. The van der Waals surface area contributed by atoms with Crippen LogP contribution < -0.4 is 10.1 Å². The first kappa shape index (κ1) is 26.3. The van der Waals surface area contributed by atoms with Crippen LogP contribution in [-0.4, -0.2) is 44.3 Å². The lowest BCUT2D eigenvalue weighted by molar-refractivity contribution is 0.139. The van der Waals surface area contributed by atoms with Crippen LogP contribution in [0.25, 0.3) is 0 Å². The summed E-state index contributed by atoms with van der Waals surface area (Å²) in [6.45, 7) is 3.58. The molecule has 0 fully saturated rings. The summed E-state index contributed by atoms with van der Waals surface area (Å²) in [6, 6.07) is 28.7. The van der Waals surface area contributed by atoms with E-state index in [4.69, 9.17) is 9.47 Å². The van der Waals surface area contributed by atoms with Crippen molar-refractivity contribution in [1.29, 1.82) is 0 Å². The highest BCUT2D eigenvalue weighted by atomic mass is 16.5. The number of aryl methyl sites for hydroxylation is 2. The third-order valence-electron chi connectivity index (χ3n) is 5.89. The number of alkyl carbamates (subject to hydrolysis) is 1. The summed E-state index contributed by atoms with van der Waals surface area (Å²) in [5.74, 6) is 0.911. The quantitative estimate of drug-likeness (QED) is 0.280. The number of rotatable bonds is 15. The van der Waals surface area contributed by atoms with Gasteiger partial charge in [0.05, 0.1) is 0 Å². The molecular formula is C30H38N2O3. The van der Waals surface area contributed by atoms with Crippen LogP contribution in [-0.2, 0) is 24.2 Å². The van der Waals surface area contributed by atoms with Crippen molar-refractivity contribution < 1.29 is 14.3 Å². The van der Waals surface area contributed by atoms with Gasteiger partial charge < -0.3 is 19.7 Å². The number of ether oxygens (including phenoxy) is 2. The first-order chi connectivity index (χ1) is 17.2. The zero-order valence-corrected chi connectivity index (χ0v) is 20.8. The number of unbranched alkanes of at least 4 members (excludes halogenated alkanes) is 1. The average molecular weight is 475 g/mol. The minimum atomic E-state index is -0.364. The summed E-state index contributed by atoms with van der Waals surface area (Å²) in [6.07, 6.45) is 4.80. The molecule has 0 spiro atoms. The lowest BCUT2D eigenvalue weighted by Gasteiger charge is -2.17. The Balaban J connectivity index is 1.20. The van der Waals surface area contributed by atoms with Gasteiger partial charge in [-0.1, -0.05) is 72.8 Å². The van der Waals surface area contributed by atoms with Crippen LogP contribution in [0.4, 0.5) is 4.79 Å². The molecule has 0 aliphatic heterocycles. The molecule has 3 rings (SSSR count). The molecule has 1 N–H and O–H groups in total. The Morgan fingerprint density at radius 3 is 2.09 bits per heavy atom. The molecule has 3 aromatic carbocycles. The van der Waals surface area contributed by atoms with Crippen LogP contribution in [0.5, 0.6) is 5.75 Å². The van der Waals surface area contributed by atoms with Crippen LogP contribution in [0, 0.1) is 0 Å². The highest BCUT2D eigenvalue weighted by molar-refractivity contribution is 5.67. The average Bonchev–Trinajstić information content (AvgIpc) is 2.89. The van der Waals surface area contributed by atoms with Crippen molar-refractivity contribution in [2.75, 3.05) is 33.3 Å². The zero-order chi connectivity index (χ0) is 24.6. The number of carbonyl (C=O) groups is 1. The van der Waals surface area contributed by atoms with Crippen molar-refractivity contribution in [3.8, 4) is 5.75 Å². The van der Waals surface area contributed by atoms with Crippen molar-refractivity contribution in [2.24, 2.45) is 0 Å². The molecule has 0 radical (unpaired) electrons. The molecule has 0 aromatic heterocycles. The predicted octanol–water partition coefficient (Wildman–Crippen LogP) is 5.88. The van der Waals surface area contributed by atoms with Crippen molar-refractivity contribution >= 4 is 6.09 Å². The summed E-state index contributed by atoms with van der Waals surface area (Å²) < 4.78 is 11.1. The Bertz CT molecular complexity index is 962. The SMILES string of the molecule is CN(CCCc1ccccc1)CCOc1ccc(CCCCNC(=O)OCc2ccccc2)cc1. The van der Waals surface area contributed by atoms with Gasteiger partial charge in [-0.3, -0.25) is 0 Å². The Morgan fingerprint density at radius 2 is 1.37 bits per heavy atom. The molecule has 186 valence electrons. The van der Waals surface area contributed by atoms with Crippen LogP contribution >= 0.6 is 0 Å². The molecular weight excluding hydrogens is 436 g/mol. The van der Waals surface area contributed by atoms with E-state index in [9.17, 15) is 4.79 Å². The Morgan fingerprint density at radius 1 is 0.743 bits per heavy atom. The van der Waals surface area contributed by atoms with Gasteiger partial charge in [0.25, 0.3) is 0 Å².